The van der Waals surface area contributed by atoms with Crippen LogP contribution in [0.5, 0.6) is 0 Å². The first-order valence-electron chi connectivity index (χ1n) is 5.50. The summed E-state index contributed by atoms with van der Waals surface area (Å²) in [7, 11) is 0. The van der Waals surface area contributed by atoms with Gasteiger partial charge in [0, 0.05) is 6.54 Å². The van der Waals surface area contributed by atoms with Gasteiger partial charge in [-0.1, -0.05) is 29.3 Å². The molecule has 2 amide bonds. The summed E-state index contributed by atoms with van der Waals surface area (Å²) in [6.45, 7) is 2.34. The number of rotatable bonds is 5. The minimum Gasteiger partial charge on any atom is -0.355 e. The smallest absolute Gasteiger partial charge is 0.239 e. The molecule has 0 aliphatic carbocycles. The van der Waals surface area contributed by atoms with Gasteiger partial charge in [-0.15, -0.1) is 0 Å². The molecule has 0 atom stereocenters. The Bertz CT molecular complexity index is 450. The zero-order valence-electron chi connectivity index (χ0n) is 9.93. The Labute approximate surface area is 116 Å². The summed E-state index contributed by atoms with van der Waals surface area (Å²) in [4.78, 5) is 22.7. The van der Waals surface area contributed by atoms with E-state index in [9.17, 15) is 9.59 Å². The van der Waals surface area contributed by atoms with E-state index in [1.165, 1.54) is 0 Å². The first kappa shape index (κ1) is 14.8. The quantitative estimate of drug-likeness (QED) is 0.868. The van der Waals surface area contributed by atoms with Crippen molar-refractivity contribution in [3.05, 3.63) is 33.8 Å². The van der Waals surface area contributed by atoms with Crippen molar-refractivity contribution in [2.45, 2.75) is 13.3 Å². The molecule has 0 bridgehead atoms. The van der Waals surface area contributed by atoms with Gasteiger partial charge in [0.15, 0.2) is 0 Å². The van der Waals surface area contributed by atoms with E-state index >= 15 is 0 Å². The predicted octanol–water partition coefficient (Wildman–Crippen LogP) is 1.79. The van der Waals surface area contributed by atoms with Crippen molar-refractivity contribution >= 4 is 35.0 Å². The van der Waals surface area contributed by atoms with Crippen LogP contribution in [0.2, 0.25) is 10.0 Å². The second kappa shape index (κ2) is 7.24. The number of nitrogens with one attached hydrogen (secondary N) is 2. The van der Waals surface area contributed by atoms with Crippen LogP contribution < -0.4 is 10.6 Å². The second-order valence-corrected chi connectivity index (χ2v) is 4.47. The molecule has 2 N–H and O–H groups in total. The van der Waals surface area contributed by atoms with Crippen LogP contribution in [0.1, 0.15) is 12.5 Å². The molecule has 1 aromatic rings. The van der Waals surface area contributed by atoms with Crippen LogP contribution in [0.15, 0.2) is 18.2 Å². The van der Waals surface area contributed by atoms with Gasteiger partial charge in [-0.25, -0.2) is 0 Å². The van der Waals surface area contributed by atoms with Gasteiger partial charge in [0.25, 0.3) is 0 Å². The van der Waals surface area contributed by atoms with Crippen molar-refractivity contribution in [3.63, 3.8) is 0 Å². The van der Waals surface area contributed by atoms with E-state index in [-0.39, 0.29) is 24.8 Å². The minimum absolute atomic E-state index is 0.0198. The molecule has 0 saturated carbocycles. The van der Waals surface area contributed by atoms with Crippen LogP contribution in [0.4, 0.5) is 0 Å². The first-order chi connectivity index (χ1) is 8.52. The van der Waals surface area contributed by atoms with Gasteiger partial charge in [-0.3, -0.25) is 9.59 Å². The van der Waals surface area contributed by atoms with Crippen molar-refractivity contribution in [2.75, 3.05) is 13.1 Å². The Kier molecular flexibility index (Phi) is 5.95. The van der Waals surface area contributed by atoms with E-state index in [0.29, 0.717) is 16.6 Å². The Hall–Kier alpha value is -1.26. The van der Waals surface area contributed by atoms with Gasteiger partial charge in [0.1, 0.15) is 0 Å². The van der Waals surface area contributed by atoms with E-state index < -0.39 is 0 Å². The van der Waals surface area contributed by atoms with Crippen molar-refractivity contribution in [1.82, 2.24) is 10.6 Å². The molecule has 0 aliphatic heterocycles. The van der Waals surface area contributed by atoms with Crippen molar-refractivity contribution in [1.29, 1.82) is 0 Å². The molecule has 1 aromatic carbocycles. The van der Waals surface area contributed by atoms with Crippen molar-refractivity contribution in [2.24, 2.45) is 0 Å². The molecule has 4 nitrogen and oxygen atoms in total. The number of hydrogen-bond donors (Lipinski definition) is 2. The van der Waals surface area contributed by atoms with E-state index in [2.05, 4.69) is 10.6 Å². The van der Waals surface area contributed by atoms with Crippen LogP contribution in [0, 0.1) is 0 Å². The molecule has 18 heavy (non-hydrogen) atoms. The van der Waals surface area contributed by atoms with Gasteiger partial charge < -0.3 is 10.6 Å². The van der Waals surface area contributed by atoms with E-state index in [0.717, 1.165) is 5.56 Å². The molecule has 0 unspecified atom stereocenters. The summed E-state index contributed by atoms with van der Waals surface area (Å²) >= 11 is 11.6. The molecular formula is C12H14Cl2N2O2. The molecule has 6 heteroatoms. The van der Waals surface area contributed by atoms with Gasteiger partial charge in [0.2, 0.25) is 11.8 Å². The Balaban J connectivity index is 2.44. The lowest BCUT2D eigenvalue weighted by Gasteiger charge is -2.06. The summed E-state index contributed by atoms with van der Waals surface area (Å²) in [6, 6.07) is 4.99. The van der Waals surface area contributed by atoms with Crippen LogP contribution >= 0.6 is 23.2 Å². The molecule has 1 rings (SSSR count). The van der Waals surface area contributed by atoms with E-state index in [1.807, 2.05) is 6.92 Å². The second-order valence-electron chi connectivity index (χ2n) is 3.66. The van der Waals surface area contributed by atoms with Gasteiger partial charge in [-0.05, 0) is 24.6 Å². The third-order valence-electron chi connectivity index (χ3n) is 2.17. The highest BCUT2D eigenvalue weighted by Gasteiger charge is 2.07. The molecule has 0 spiro atoms. The third-order valence-corrected chi connectivity index (χ3v) is 2.91. The number of amides is 2. The maximum absolute atomic E-state index is 11.6. The Morgan fingerprint density at radius 2 is 1.83 bits per heavy atom. The SMILES string of the molecule is CCNC(=O)CNC(=O)Cc1ccc(Cl)c(Cl)c1. The fourth-order valence-corrected chi connectivity index (χ4v) is 1.66. The molecule has 0 fully saturated rings. The zero-order chi connectivity index (χ0) is 13.5. The molecular weight excluding hydrogens is 275 g/mol. The summed E-state index contributed by atoms with van der Waals surface area (Å²) in [5.74, 6) is -0.445. The summed E-state index contributed by atoms with van der Waals surface area (Å²) < 4.78 is 0. The normalized spacial score (nSPS) is 9.94. The average Bonchev–Trinajstić information content (AvgIpc) is 2.32. The molecule has 0 saturated heterocycles. The van der Waals surface area contributed by atoms with E-state index in [1.54, 1.807) is 18.2 Å². The highest BCUT2D eigenvalue weighted by molar-refractivity contribution is 6.42. The summed E-state index contributed by atoms with van der Waals surface area (Å²) in [5, 5.41) is 5.97. The topological polar surface area (TPSA) is 58.2 Å². The maximum Gasteiger partial charge on any atom is 0.239 e. The highest BCUT2D eigenvalue weighted by atomic mass is 35.5. The molecule has 0 aliphatic rings. The predicted molar refractivity (Wildman–Crippen MR) is 71.9 cm³/mol. The molecule has 0 heterocycles. The maximum atomic E-state index is 11.6. The standard InChI is InChI=1S/C12H14Cl2N2O2/c1-2-15-12(18)7-16-11(17)6-8-3-4-9(13)10(14)5-8/h3-5H,2,6-7H2,1H3,(H,15,18)(H,16,17). The largest absolute Gasteiger partial charge is 0.355 e. The number of carbonyl (C=O) groups excluding carboxylic acids is 2. The lowest BCUT2D eigenvalue weighted by Crippen LogP contribution is -2.37. The lowest BCUT2D eigenvalue weighted by atomic mass is 10.1. The van der Waals surface area contributed by atoms with Crippen molar-refractivity contribution < 1.29 is 9.59 Å². The van der Waals surface area contributed by atoms with Crippen LogP contribution in [-0.4, -0.2) is 24.9 Å². The van der Waals surface area contributed by atoms with Crippen LogP contribution in [0.3, 0.4) is 0 Å². The van der Waals surface area contributed by atoms with Crippen molar-refractivity contribution in [3.8, 4) is 0 Å². The number of likely N-dealkylation sites (N-methyl/N-ethyl adjacent to an activating group) is 1. The molecule has 0 aromatic heterocycles. The van der Waals surface area contributed by atoms with Crippen LogP contribution in [-0.2, 0) is 16.0 Å². The summed E-state index contributed by atoms with van der Waals surface area (Å²) in [5.41, 5.74) is 0.748. The minimum atomic E-state index is -0.236. The van der Waals surface area contributed by atoms with E-state index in [4.69, 9.17) is 23.2 Å². The fourth-order valence-electron chi connectivity index (χ4n) is 1.34. The Morgan fingerprint density at radius 3 is 2.44 bits per heavy atom. The third kappa shape index (κ3) is 4.94. The van der Waals surface area contributed by atoms with Gasteiger partial charge in [-0.2, -0.15) is 0 Å². The number of benzene rings is 1. The number of hydrogen-bond acceptors (Lipinski definition) is 2. The van der Waals surface area contributed by atoms with Gasteiger partial charge >= 0.3 is 0 Å². The zero-order valence-corrected chi connectivity index (χ0v) is 11.4. The molecule has 98 valence electrons. The molecule has 0 radical (unpaired) electrons. The summed E-state index contributed by atoms with van der Waals surface area (Å²) in [6.07, 6.45) is 0.163. The van der Waals surface area contributed by atoms with Gasteiger partial charge in [0.05, 0.1) is 23.0 Å². The average molecular weight is 289 g/mol. The monoisotopic (exact) mass is 288 g/mol. The first-order valence-corrected chi connectivity index (χ1v) is 6.26. The fraction of sp³-hybridized carbons (Fsp3) is 0.333. The highest BCUT2D eigenvalue weighted by Crippen LogP contribution is 2.22. The van der Waals surface area contributed by atoms with Crippen LogP contribution in [0.25, 0.3) is 0 Å². The lowest BCUT2D eigenvalue weighted by molar-refractivity contribution is -0.125. The number of carbonyl (C=O) groups is 2. The Morgan fingerprint density at radius 1 is 1.11 bits per heavy atom. The number of halogens is 2.